The molecule has 0 fully saturated rings. The molecule has 0 amide bonds. The second kappa shape index (κ2) is 4.98. The third-order valence-electron chi connectivity index (χ3n) is 3.48. The number of hydrogen-bond acceptors (Lipinski definition) is 3. The van der Waals surface area contributed by atoms with Crippen LogP contribution >= 0.6 is 15.9 Å². The number of imidazole rings is 1. The predicted molar refractivity (Wildman–Crippen MR) is 78.1 cm³/mol. The minimum Gasteiger partial charge on any atom is -0.493 e. The van der Waals surface area contributed by atoms with E-state index in [1.165, 1.54) is 5.56 Å². The zero-order valence-corrected chi connectivity index (χ0v) is 12.4. The number of rotatable bonds is 2. The average molecular weight is 322 g/mol. The van der Waals surface area contributed by atoms with Gasteiger partial charge in [-0.25, -0.2) is 4.98 Å². The average Bonchev–Trinajstić information content (AvgIpc) is 2.74. The van der Waals surface area contributed by atoms with Crippen LogP contribution in [0.2, 0.25) is 0 Å². The number of hydrogen-bond donors (Lipinski definition) is 1. The summed E-state index contributed by atoms with van der Waals surface area (Å²) in [7, 11) is 1.96. The molecule has 0 bridgehead atoms. The molecule has 1 aromatic carbocycles. The number of benzene rings is 1. The van der Waals surface area contributed by atoms with E-state index in [9.17, 15) is 0 Å². The summed E-state index contributed by atoms with van der Waals surface area (Å²) in [5.41, 5.74) is 9.00. The Morgan fingerprint density at radius 2 is 2.32 bits per heavy atom. The molecular formula is C14H16BrN3O. The maximum atomic E-state index is 5.70. The minimum absolute atomic E-state index is 0.434. The van der Waals surface area contributed by atoms with E-state index in [1.807, 2.05) is 17.7 Å². The van der Waals surface area contributed by atoms with Gasteiger partial charge in [-0.05, 0) is 52.5 Å². The molecule has 0 saturated carbocycles. The molecule has 0 unspecified atom stereocenters. The molecule has 0 atom stereocenters. The van der Waals surface area contributed by atoms with Crippen LogP contribution in [-0.4, -0.2) is 16.2 Å². The molecule has 100 valence electrons. The van der Waals surface area contributed by atoms with Crippen LogP contribution in [0.15, 0.2) is 22.8 Å². The highest BCUT2D eigenvalue weighted by atomic mass is 79.9. The quantitative estimate of drug-likeness (QED) is 0.925. The zero-order chi connectivity index (χ0) is 13.4. The van der Waals surface area contributed by atoms with Gasteiger partial charge in [-0.15, -0.1) is 0 Å². The topological polar surface area (TPSA) is 53.1 Å². The Balaban J connectivity index is 2.07. The van der Waals surface area contributed by atoms with Gasteiger partial charge >= 0.3 is 0 Å². The first-order valence-corrected chi connectivity index (χ1v) is 7.17. The third-order valence-corrected chi connectivity index (χ3v) is 4.39. The molecule has 0 spiro atoms. The van der Waals surface area contributed by atoms with E-state index in [4.69, 9.17) is 10.5 Å². The number of nitrogens with two attached hydrogens (primary N) is 1. The molecule has 2 heterocycles. The monoisotopic (exact) mass is 321 g/mol. The zero-order valence-electron chi connectivity index (χ0n) is 10.8. The van der Waals surface area contributed by atoms with Crippen LogP contribution in [0.3, 0.4) is 0 Å². The molecule has 1 aliphatic heterocycles. The lowest BCUT2D eigenvalue weighted by atomic mass is 10.0. The van der Waals surface area contributed by atoms with Crippen LogP contribution in [-0.2, 0) is 20.0 Å². The van der Waals surface area contributed by atoms with E-state index in [0.717, 1.165) is 46.9 Å². The number of fused-ring (bicyclic) bond motifs is 1. The van der Waals surface area contributed by atoms with E-state index in [0.29, 0.717) is 6.54 Å². The first-order valence-electron chi connectivity index (χ1n) is 6.38. The van der Waals surface area contributed by atoms with E-state index < -0.39 is 0 Å². The van der Waals surface area contributed by atoms with Crippen LogP contribution < -0.4 is 10.5 Å². The number of aryl methyl sites for hydroxylation is 1. The van der Waals surface area contributed by atoms with Gasteiger partial charge in [-0.1, -0.05) is 0 Å². The molecular weight excluding hydrogens is 306 g/mol. The van der Waals surface area contributed by atoms with Crippen molar-refractivity contribution in [2.24, 2.45) is 12.8 Å². The van der Waals surface area contributed by atoms with Gasteiger partial charge in [0.05, 0.1) is 13.2 Å². The second-order valence-corrected chi connectivity index (χ2v) is 5.46. The summed E-state index contributed by atoms with van der Waals surface area (Å²) in [6, 6.07) is 6.26. The Hall–Kier alpha value is -1.33. The number of ether oxygens (including phenoxy) is 1. The van der Waals surface area contributed by atoms with Gasteiger partial charge in [-0.3, -0.25) is 0 Å². The first-order chi connectivity index (χ1) is 9.20. The Morgan fingerprint density at radius 1 is 1.47 bits per heavy atom. The van der Waals surface area contributed by atoms with Crippen molar-refractivity contribution in [2.75, 3.05) is 6.61 Å². The predicted octanol–water partition coefficient (Wildman–Crippen LogP) is 2.63. The summed E-state index contributed by atoms with van der Waals surface area (Å²) in [6.07, 6.45) is 2.14. The Kier molecular flexibility index (Phi) is 3.33. The normalized spacial score (nSPS) is 14.1. The van der Waals surface area contributed by atoms with Crippen LogP contribution in [0.5, 0.6) is 5.75 Å². The molecule has 4 nitrogen and oxygen atoms in total. The van der Waals surface area contributed by atoms with Gasteiger partial charge in [0.25, 0.3) is 0 Å². The fourth-order valence-electron chi connectivity index (χ4n) is 2.40. The van der Waals surface area contributed by atoms with Gasteiger partial charge in [0, 0.05) is 12.6 Å². The van der Waals surface area contributed by atoms with E-state index >= 15 is 0 Å². The minimum atomic E-state index is 0.434. The van der Waals surface area contributed by atoms with Gasteiger partial charge in [0.1, 0.15) is 21.9 Å². The maximum Gasteiger partial charge on any atom is 0.123 e. The second-order valence-electron chi connectivity index (χ2n) is 4.71. The summed E-state index contributed by atoms with van der Waals surface area (Å²) < 4.78 is 8.58. The van der Waals surface area contributed by atoms with Crippen molar-refractivity contribution in [3.63, 3.8) is 0 Å². The van der Waals surface area contributed by atoms with Crippen molar-refractivity contribution >= 4 is 15.9 Å². The van der Waals surface area contributed by atoms with Crippen LogP contribution in [0, 0.1) is 0 Å². The van der Waals surface area contributed by atoms with Gasteiger partial charge in [-0.2, -0.15) is 0 Å². The Labute approximate surface area is 120 Å². The molecule has 3 rings (SSSR count). The lowest BCUT2D eigenvalue weighted by Crippen LogP contribution is -2.08. The highest BCUT2D eigenvalue weighted by molar-refractivity contribution is 9.10. The molecule has 0 radical (unpaired) electrons. The summed E-state index contributed by atoms with van der Waals surface area (Å²) in [5.74, 6) is 1.87. The molecule has 5 heteroatoms. The molecule has 0 saturated heterocycles. The Morgan fingerprint density at radius 3 is 3.05 bits per heavy atom. The highest BCUT2D eigenvalue weighted by Crippen LogP contribution is 2.33. The lowest BCUT2D eigenvalue weighted by Gasteiger charge is -2.17. The fourth-order valence-corrected chi connectivity index (χ4v) is 2.92. The summed E-state index contributed by atoms with van der Waals surface area (Å²) in [6.45, 7) is 1.25. The van der Waals surface area contributed by atoms with E-state index in [-0.39, 0.29) is 0 Å². The lowest BCUT2D eigenvalue weighted by molar-refractivity contribution is 0.288. The van der Waals surface area contributed by atoms with Gasteiger partial charge in [0.2, 0.25) is 0 Å². The van der Waals surface area contributed by atoms with Crippen molar-refractivity contribution < 1.29 is 4.74 Å². The fraction of sp³-hybridized carbons (Fsp3) is 0.357. The Bertz CT molecular complexity index is 621. The molecule has 2 N–H and O–H groups in total. The van der Waals surface area contributed by atoms with Crippen LogP contribution in [0.1, 0.15) is 17.8 Å². The highest BCUT2D eigenvalue weighted by Gasteiger charge is 2.16. The van der Waals surface area contributed by atoms with Crippen molar-refractivity contribution in [3.05, 3.63) is 34.2 Å². The van der Waals surface area contributed by atoms with Gasteiger partial charge < -0.3 is 15.0 Å². The van der Waals surface area contributed by atoms with Crippen LogP contribution in [0.25, 0.3) is 11.3 Å². The molecule has 19 heavy (non-hydrogen) atoms. The van der Waals surface area contributed by atoms with Crippen molar-refractivity contribution in [3.8, 4) is 17.0 Å². The third kappa shape index (κ3) is 2.17. The molecule has 0 aliphatic carbocycles. The molecule has 2 aromatic rings. The smallest absolute Gasteiger partial charge is 0.123 e. The SMILES string of the molecule is Cn1c(CN)nc(-c2ccc3c(c2)CCCO3)c1Br. The van der Waals surface area contributed by atoms with Crippen molar-refractivity contribution in [1.29, 1.82) is 0 Å². The first kappa shape index (κ1) is 12.7. The molecule has 1 aromatic heterocycles. The largest absolute Gasteiger partial charge is 0.493 e. The number of halogens is 1. The van der Waals surface area contributed by atoms with Crippen molar-refractivity contribution in [1.82, 2.24) is 9.55 Å². The molecule has 1 aliphatic rings. The number of aromatic nitrogens is 2. The standard InChI is InChI=1S/C14H16BrN3O/c1-18-12(8-16)17-13(14(18)15)10-4-5-11-9(7-10)3-2-6-19-11/h4-5,7H,2-3,6,8,16H2,1H3. The van der Waals surface area contributed by atoms with E-state index in [2.05, 4.69) is 33.0 Å². The maximum absolute atomic E-state index is 5.70. The van der Waals surface area contributed by atoms with Crippen molar-refractivity contribution in [2.45, 2.75) is 19.4 Å². The summed E-state index contributed by atoms with van der Waals surface area (Å²) in [5, 5.41) is 0. The van der Waals surface area contributed by atoms with E-state index in [1.54, 1.807) is 0 Å². The summed E-state index contributed by atoms with van der Waals surface area (Å²) in [4.78, 5) is 4.60. The summed E-state index contributed by atoms with van der Waals surface area (Å²) >= 11 is 3.59. The van der Waals surface area contributed by atoms with Gasteiger partial charge in [0.15, 0.2) is 0 Å². The number of nitrogens with zero attached hydrogens (tertiary/aromatic N) is 2. The van der Waals surface area contributed by atoms with Crippen LogP contribution in [0.4, 0.5) is 0 Å².